The van der Waals surface area contributed by atoms with Gasteiger partial charge in [0.1, 0.15) is 5.60 Å². The monoisotopic (exact) mass is 633 g/mol. The van der Waals surface area contributed by atoms with Crippen LogP contribution in [0.1, 0.15) is 48.0 Å². The molecule has 43 heavy (non-hydrogen) atoms. The van der Waals surface area contributed by atoms with Gasteiger partial charge in [-0.05, 0) is 75.0 Å². The number of carbonyl (C=O) groups excluding carboxylic acids is 2. The lowest BCUT2D eigenvalue weighted by Crippen LogP contribution is -2.53. The molecule has 0 radical (unpaired) electrons. The van der Waals surface area contributed by atoms with Crippen LogP contribution in [0.5, 0.6) is 17.2 Å². The summed E-state index contributed by atoms with van der Waals surface area (Å²) in [5.74, 6) is 1.53. The summed E-state index contributed by atoms with van der Waals surface area (Å²) in [4.78, 5) is 33.1. The molecule has 234 valence electrons. The topological polar surface area (TPSA) is 80.8 Å². The molecule has 0 aliphatic carbocycles. The number of hydrogen-bond donors (Lipinski definition) is 0. The maximum Gasteiger partial charge on any atom is 0.254 e. The lowest BCUT2D eigenvalue weighted by molar-refractivity contribution is -0.136. The summed E-state index contributed by atoms with van der Waals surface area (Å²) >= 11 is 12.8. The summed E-state index contributed by atoms with van der Waals surface area (Å²) in [6.07, 6.45) is 4.60. The van der Waals surface area contributed by atoms with Crippen molar-refractivity contribution in [2.45, 2.75) is 37.7 Å². The Labute approximate surface area is 263 Å². The molecule has 0 saturated carbocycles. The van der Waals surface area contributed by atoms with Gasteiger partial charge in [0, 0.05) is 37.7 Å². The zero-order valence-corrected chi connectivity index (χ0v) is 26.7. The maximum absolute atomic E-state index is 13.9. The van der Waals surface area contributed by atoms with Crippen LogP contribution in [0.2, 0.25) is 10.0 Å². The minimum Gasteiger partial charge on any atom is -0.493 e. The Kier molecular flexibility index (Phi) is 10.3. The summed E-state index contributed by atoms with van der Waals surface area (Å²) in [5, 5.41) is 0.905. The number of nitrogens with zero attached hydrogens (tertiary/aromatic N) is 3. The average molecular weight is 635 g/mol. The molecule has 3 saturated heterocycles. The third-order valence-corrected chi connectivity index (χ3v) is 9.76. The summed E-state index contributed by atoms with van der Waals surface area (Å²) in [6, 6.07) is 8.90. The molecule has 3 aliphatic heterocycles. The van der Waals surface area contributed by atoms with Crippen LogP contribution in [-0.4, -0.2) is 100 Å². The third-order valence-electron chi connectivity index (χ3n) is 9.02. The molecule has 3 heterocycles. The van der Waals surface area contributed by atoms with E-state index in [1.54, 1.807) is 18.2 Å². The van der Waals surface area contributed by atoms with E-state index >= 15 is 0 Å². The van der Waals surface area contributed by atoms with Crippen molar-refractivity contribution in [2.75, 3.05) is 73.7 Å². The Hall–Kier alpha value is -2.72. The van der Waals surface area contributed by atoms with E-state index in [0.717, 1.165) is 64.0 Å². The molecule has 5 rings (SSSR count). The van der Waals surface area contributed by atoms with E-state index < -0.39 is 5.60 Å². The lowest BCUT2D eigenvalue weighted by atomic mass is 9.87. The number of halogens is 2. The molecule has 1 unspecified atom stereocenters. The Morgan fingerprint density at radius 2 is 1.56 bits per heavy atom. The van der Waals surface area contributed by atoms with Gasteiger partial charge in [-0.3, -0.25) is 9.59 Å². The zero-order chi connectivity index (χ0) is 30.6. The third kappa shape index (κ3) is 6.85. The Morgan fingerprint density at radius 3 is 2.16 bits per heavy atom. The van der Waals surface area contributed by atoms with Gasteiger partial charge in [-0.2, -0.15) is 0 Å². The molecule has 2 aromatic carbocycles. The highest BCUT2D eigenvalue weighted by molar-refractivity contribution is 6.42. The smallest absolute Gasteiger partial charge is 0.254 e. The van der Waals surface area contributed by atoms with Crippen molar-refractivity contribution in [3.8, 4) is 17.2 Å². The van der Waals surface area contributed by atoms with Crippen molar-refractivity contribution in [3.05, 3.63) is 51.5 Å². The van der Waals surface area contributed by atoms with Crippen LogP contribution in [0.15, 0.2) is 30.3 Å². The highest BCUT2D eigenvalue weighted by atomic mass is 35.5. The van der Waals surface area contributed by atoms with Gasteiger partial charge in [0.2, 0.25) is 11.7 Å². The number of hydrogen-bond acceptors (Lipinski definition) is 7. The lowest BCUT2D eigenvalue weighted by Gasteiger charge is -2.44. The van der Waals surface area contributed by atoms with Gasteiger partial charge >= 0.3 is 0 Å². The summed E-state index contributed by atoms with van der Waals surface area (Å²) in [5.41, 5.74) is 0.526. The number of morpholine rings is 1. The second kappa shape index (κ2) is 13.9. The number of methoxy groups -OCH3 is 3. The fourth-order valence-corrected chi connectivity index (χ4v) is 6.83. The second-order valence-electron chi connectivity index (χ2n) is 11.5. The molecular weight excluding hydrogens is 593 g/mol. The van der Waals surface area contributed by atoms with Crippen LogP contribution >= 0.6 is 23.2 Å². The maximum atomic E-state index is 13.9. The highest BCUT2D eigenvalue weighted by Crippen LogP contribution is 2.40. The number of carbonyl (C=O) groups is 2. The predicted octanol–water partition coefficient (Wildman–Crippen LogP) is 5.11. The number of amides is 2. The molecule has 3 aliphatic rings. The van der Waals surface area contributed by atoms with Crippen molar-refractivity contribution in [1.29, 1.82) is 0 Å². The van der Waals surface area contributed by atoms with Gasteiger partial charge in [0.05, 0.1) is 44.5 Å². The quantitative estimate of drug-likeness (QED) is 0.379. The van der Waals surface area contributed by atoms with E-state index in [1.807, 2.05) is 21.9 Å². The van der Waals surface area contributed by atoms with Crippen molar-refractivity contribution >= 4 is 35.0 Å². The number of ether oxygens (including phenoxy) is 4. The molecule has 9 nitrogen and oxygen atoms in total. The van der Waals surface area contributed by atoms with E-state index in [-0.39, 0.29) is 11.8 Å². The first-order valence-corrected chi connectivity index (χ1v) is 15.7. The molecule has 0 N–H and O–H groups in total. The fraction of sp³-hybridized carbons (Fsp3) is 0.562. The first kappa shape index (κ1) is 31.7. The minimum absolute atomic E-state index is 0.107. The summed E-state index contributed by atoms with van der Waals surface area (Å²) < 4.78 is 23.0. The van der Waals surface area contributed by atoms with Crippen LogP contribution in [0, 0.1) is 5.92 Å². The zero-order valence-electron chi connectivity index (χ0n) is 25.2. The Morgan fingerprint density at radius 1 is 0.884 bits per heavy atom. The fourth-order valence-electron chi connectivity index (χ4n) is 6.53. The van der Waals surface area contributed by atoms with Crippen LogP contribution in [0.4, 0.5) is 0 Å². The van der Waals surface area contributed by atoms with Gasteiger partial charge in [0.15, 0.2) is 11.5 Å². The van der Waals surface area contributed by atoms with E-state index in [0.29, 0.717) is 64.9 Å². The number of rotatable bonds is 9. The highest BCUT2D eigenvalue weighted by Gasteiger charge is 2.41. The van der Waals surface area contributed by atoms with Crippen molar-refractivity contribution in [2.24, 2.45) is 5.92 Å². The molecule has 0 aromatic heterocycles. The van der Waals surface area contributed by atoms with Gasteiger partial charge in [0.25, 0.3) is 5.91 Å². The minimum atomic E-state index is -0.787. The van der Waals surface area contributed by atoms with E-state index in [4.69, 9.17) is 42.1 Å². The largest absolute Gasteiger partial charge is 0.493 e. The molecular formula is C32H41Cl2N3O6. The standard InChI is InChI=1S/C32H41Cl2N3O6/c1-40-27-18-23(19-28(41-2)29(27)42-3)31(39)37-16-17-43-32(21-37,24-6-7-25(33)26(34)20-24)10-15-35-13-8-22(9-14-35)30(38)36-11-4-5-12-36/h6-7,18-20,22H,4-5,8-17,21H2,1-3H3. The van der Waals surface area contributed by atoms with Crippen LogP contribution in [-0.2, 0) is 15.1 Å². The van der Waals surface area contributed by atoms with Crippen LogP contribution in [0.25, 0.3) is 0 Å². The van der Waals surface area contributed by atoms with Crippen molar-refractivity contribution in [1.82, 2.24) is 14.7 Å². The molecule has 11 heteroatoms. The Balaban J connectivity index is 1.34. The molecule has 1 atom stereocenters. The number of piperidine rings is 1. The van der Waals surface area contributed by atoms with Gasteiger partial charge in [-0.15, -0.1) is 0 Å². The van der Waals surface area contributed by atoms with E-state index in [9.17, 15) is 9.59 Å². The number of benzene rings is 2. The average Bonchev–Trinajstić information content (AvgIpc) is 3.59. The van der Waals surface area contributed by atoms with Crippen molar-refractivity contribution < 1.29 is 28.5 Å². The Bertz CT molecular complexity index is 1290. The molecule has 2 amide bonds. The van der Waals surface area contributed by atoms with Gasteiger partial charge in [-0.25, -0.2) is 0 Å². The normalized spacial score (nSPS) is 21.6. The van der Waals surface area contributed by atoms with Crippen LogP contribution < -0.4 is 14.2 Å². The van der Waals surface area contributed by atoms with E-state index in [2.05, 4.69) is 4.90 Å². The second-order valence-corrected chi connectivity index (χ2v) is 12.3. The summed E-state index contributed by atoms with van der Waals surface area (Å²) in [7, 11) is 4.59. The van der Waals surface area contributed by atoms with Crippen LogP contribution in [0.3, 0.4) is 0 Å². The van der Waals surface area contributed by atoms with Crippen molar-refractivity contribution in [3.63, 3.8) is 0 Å². The predicted molar refractivity (Wildman–Crippen MR) is 166 cm³/mol. The SMILES string of the molecule is COc1cc(C(=O)N2CCOC(CCN3CCC(C(=O)N4CCCC4)CC3)(c3ccc(Cl)c(Cl)c3)C2)cc(OC)c1OC. The first-order chi connectivity index (χ1) is 20.8. The molecule has 0 bridgehead atoms. The number of likely N-dealkylation sites (tertiary alicyclic amines) is 2. The van der Waals surface area contributed by atoms with Gasteiger partial charge in [-0.1, -0.05) is 29.3 Å². The molecule has 3 fully saturated rings. The summed E-state index contributed by atoms with van der Waals surface area (Å²) in [6.45, 7) is 5.40. The first-order valence-electron chi connectivity index (χ1n) is 15.0. The molecule has 2 aromatic rings. The van der Waals surface area contributed by atoms with E-state index in [1.165, 1.54) is 21.3 Å². The van der Waals surface area contributed by atoms with Gasteiger partial charge < -0.3 is 33.6 Å². The molecule has 0 spiro atoms.